The lowest BCUT2D eigenvalue weighted by molar-refractivity contribution is -0.0561. The normalized spacial score (nSPS) is 17.1. The lowest BCUT2D eigenvalue weighted by Crippen LogP contribution is -2.12. The Morgan fingerprint density at radius 2 is 1.07 bits per heavy atom. The predicted octanol–water partition coefficient (Wildman–Crippen LogP) is 8.85. The van der Waals surface area contributed by atoms with E-state index in [1.54, 1.807) is 0 Å². The molecule has 0 heterocycles. The van der Waals surface area contributed by atoms with Crippen LogP contribution in [0.1, 0.15) is 119 Å². The molecule has 0 N–H and O–H groups in total. The van der Waals surface area contributed by atoms with E-state index in [4.69, 9.17) is 21.1 Å². The minimum absolute atomic E-state index is 0.304. The summed E-state index contributed by atoms with van der Waals surface area (Å²) in [7, 11) is 0. The first-order valence-electron chi connectivity index (χ1n) is 12.6. The second-order valence-electron chi connectivity index (χ2n) is 9.99. The molecule has 0 saturated heterocycles. The van der Waals surface area contributed by atoms with E-state index in [9.17, 15) is 0 Å². The second-order valence-corrected chi connectivity index (χ2v) is 10.7. The summed E-state index contributed by atoms with van der Waals surface area (Å²) in [5.41, 5.74) is 0. The number of ether oxygens (including phenoxy) is 2. The molecule has 29 heavy (non-hydrogen) atoms. The van der Waals surface area contributed by atoms with Gasteiger partial charge in [0.05, 0.1) is 0 Å². The van der Waals surface area contributed by atoms with Crippen LogP contribution in [0.25, 0.3) is 0 Å². The van der Waals surface area contributed by atoms with Gasteiger partial charge in [0.1, 0.15) is 6.79 Å². The fraction of sp³-hybridized carbons (Fsp3) is 1.00. The lowest BCUT2D eigenvalue weighted by atomic mass is 9.84. The van der Waals surface area contributed by atoms with Crippen molar-refractivity contribution in [1.82, 2.24) is 0 Å². The molecule has 0 rings (SSSR count). The molecule has 2 nitrogen and oxygen atoms in total. The summed E-state index contributed by atoms with van der Waals surface area (Å²) in [4.78, 5) is 0. The van der Waals surface area contributed by atoms with Crippen LogP contribution >= 0.6 is 11.6 Å². The van der Waals surface area contributed by atoms with Crippen molar-refractivity contribution in [1.29, 1.82) is 0 Å². The average Bonchev–Trinajstić information content (AvgIpc) is 2.61. The Hall–Kier alpha value is 0.210. The third kappa shape index (κ3) is 21.2. The smallest absolute Gasteiger partial charge is 0.146 e. The Balaban J connectivity index is 3.53. The number of hydrogen-bond acceptors (Lipinski definition) is 2. The highest BCUT2D eigenvalue weighted by atomic mass is 35.5. The summed E-state index contributed by atoms with van der Waals surface area (Å²) >= 11 is 6.14. The summed E-state index contributed by atoms with van der Waals surface area (Å²) in [6.45, 7) is 16.1. The number of rotatable bonds is 21. The number of hydrogen-bond donors (Lipinski definition) is 0. The van der Waals surface area contributed by atoms with E-state index in [1.165, 1.54) is 64.2 Å². The van der Waals surface area contributed by atoms with Crippen molar-refractivity contribution in [2.75, 3.05) is 20.0 Å². The average molecular weight is 433 g/mol. The van der Waals surface area contributed by atoms with E-state index in [0.717, 1.165) is 49.7 Å². The fourth-order valence-corrected chi connectivity index (χ4v) is 5.02. The Morgan fingerprint density at radius 3 is 1.66 bits per heavy atom. The zero-order valence-corrected chi connectivity index (χ0v) is 21.4. The van der Waals surface area contributed by atoms with Gasteiger partial charge in [-0.2, -0.15) is 0 Å². The molecule has 0 saturated carbocycles. The van der Waals surface area contributed by atoms with E-state index in [1.807, 2.05) is 0 Å². The van der Waals surface area contributed by atoms with Crippen LogP contribution in [0.4, 0.5) is 0 Å². The molecule has 0 aliphatic rings. The topological polar surface area (TPSA) is 18.5 Å². The van der Waals surface area contributed by atoms with Gasteiger partial charge in [-0.15, -0.1) is 11.6 Å². The van der Waals surface area contributed by atoms with Crippen molar-refractivity contribution in [3.63, 3.8) is 0 Å². The third-order valence-corrected chi connectivity index (χ3v) is 6.11. The third-order valence-electron chi connectivity index (χ3n) is 5.94. The Kier molecular flexibility index (Phi) is 20.3. The molecule has 0 aromatic rings. The molecule has 0 fully saturated rings. The molecule has 0 bridgehead atoms. The van der Waals surface area contributed by atoms with Crippen LogP contribution < -0.4 is 0 Å². The van der Waals surface area contributed by atoms with Crippen LogP contribution in [0.5, 0.6) is 0 Å². The highest BCUT2D eigenvalue weighted by Crippen LogP contribution is 2.27. The highest BCUT2D eigenvalue weighted by Gasteiger charge is 2.16. The van der Waals surface area contributed by atoms with E-state index < -0.39 is 0 Å². The number of unbranched alkanes of at least 4 members (excludes halogenated alkanes) is 5. The van der Waals surface area contributed by atoms with Gasteiger partial charge in [0.25, 0.3) is 0 Å². The van der Waals surface area contributed by atoms with Crippen molar-refractivity contribution in [2.45, 2.75) is 124 Å². The molecule has 0 aromatic heterocycles. The minimum Gasteiger partial charge on any atom is -0.355 e. The van der Waals surface area contributed by atoms with Gasteiger partial charge < -0.3 is 9.47 Å². The highest BCUT2D eigenvalue weighted by molar-refractivity contribution is 6.20. The summed E-state index contributed by atoms with van der Waals surface area (Å²) < 4.78 is 11.2. The number of halogens is 1. The Labute approximate surface area is 188 Å². The molecule has 0 aliphatic carbocycles. The van der Waals surface area contributed by atoms with Crippen LogP contribution in [-0.4, -0.2) is 25.4 Å². The monoisotopic (exact) mass is 432 g/mol. The second kappa shape index (κ2) is 20.1. The quantitative estimate of drug-likeness (QED) is 0.102. The largest absolute Gasteiger partial charge is 0.355 e. The molecule has 5 atom stereocenters. The van der Waals surface area contributed by atoms with E-state index >= 15 is 0 Å². The maximum Gasteiger partial charge on any atom is 0.146 e. The fourth-order valence-electron chi connectivity index (χ4n) is 4.72. The van der Waals surface area contributed by atoms with Crippen molar-refractivity contribution in [3.05, 3.63) is 0 Å². The molecule has 0 spiro atoms. The zero-order chi connectivity index (χ0) is 21.9. The first-order chi connectivity index (χ1) is 13.8. The molecule has 3 heteroatoms. The number of alkyl halides is 1. The molecule has 0 aliphatic heterocycles. The first-order valence-corrected chi connectivity index (χ1v) is 13.1. The predicted molar refractivity (Wildman–Crippen MR) is 130 cm³/mol. The Bertz CT molecular complexity index is 335. The minimum atomic E-state index is 0.304. The summed E-state index contributed by atoms with van der Waals surface area (Å²) in [5.74, 6) is 3.13. The first kappa shape index (κ1) is 29.2. The van der Waals surface area contributed by atoms with Gasteiger partial charge in [-0.05, 0) is 75.5 Å². The van der Waals surface area contributed by atoms with Crippen molar-refractivity contribution in [3.8, 4) is 0 Å². The van der Waals surface area contributed by atoms with Gasteiger partial charge in [-0.1, -0.05) is 66.7 Å². The molecule has 0 aromatic carbocycles. The summed E-state index contributed by atoms with van der Waals surface area (Å²) in [6.07, 6.45) is 15.4. The van der Waals surface area contributed by atoms with Crippen molar-refractivity contribution < 1.29 is 9.47 Å². The van der Waals surface area contributed by atoms with E-state index in [0.29, 0.717) is 12.2 Å². The molecule has 5 unspecified atom stereocenters. The van der Waals surface area contributed by atoms with E-state index in [-0.39, 0.29) is 0 Å². The Morgan fingerprint density at radius 1 is 0.586 bits per heavy atom. The summed E-state index contributed by atoms with van der Waals surface area (Å²) in [6, 6.07) is 0. The zero-order valence-electron chi connectivity index (χ0n) is 20.7. The van der Waals surface area contributed by atoms with Crippen LogP contribution in [0.15, 0.2) is 0 Å². The van der Waals surface area contributed by atoms with Crippen LogP contribution in [0.3, 0.4) is 0 Å². The molecule has 0 amide bonds. The van der Waals surface area contributed by atoms with Gasteiger partial charge >= 0.3 is 0 Å². The summed E-state index contributed by atoms with van der Waals surface area (Å²) in [5, 5.41) is 0.304. The molecular formula is C26H53ClO2. The molecule has 176 valence electrons. The van der Waals surface area contributed by atoms with Gasteiger partial charge in [-0.3, -0.25) is 0 Å². The van der Waals surface area contributed by atoms with Crippen molar-refractivity contribution >= 4 is 11.6 Å². The van der Waals surface area contributed by atoms with Crippen LogP contribution in [0, 0.1) is 23.7 Å². The molecule has 0 radical (unpaired) electrons. The maximum absolute atomic E-state index is 6.14. The van der Waals surface area contributed by atoms with Crippen molar-refractivity contribution in [2.24, 2.45) is 23.7 Å². The van der Waals surface area contributed by atoms with E-state index in [2.05, 4.69) is 41.5 Å². The van der Waals surface area contributed by atoms with Gasteiger partial charge in [0, 0.05) is 18.6 Å². The van der Waals surface area contributed by atoms with Crippen LogP contribution in [-0.2, 0) is 9.47 Å². The SMILES string of the molecule is CCCCCCCCOCOCCCC(C)CC(C)CC(C)CC(C)CC(C)Cl. The lowest BCUT2D eigenvalue weighted by Gasteiger charge is -2.23. The standard InChI is InChI=1S/C26H53ClO2/c1-7-8-9-10-11-12-15-28-21-29-16-13-14-22(2)17-23(3)18-24(4)19-25(5)20-26(6)27/h22-26H,7-21H2,1-6H3. The maximum atomic E-state index is 6.14. The molecular weight excluding hydrogens is 380 g/mol. The van der Waals surface area contributed by atoms with Gasteiger partial charge in [0.2, 0.25) is 0 Å². The van der Waals surface area contributed by atoms with Crippen LogP contribution in [0.2, 0.25) is 0 Å². The van der Waals surface area contributed by atoms with Gasteiger partial charge in [0.15, 0.2) is 0 Å². The van der Waals surface area contributed by atoms with Gasteiger partial charge in [-0.25, -0.2) is 0 Å².